The van der Waals surface area contributed by atoms with Crippen molar-refractivity contribution in [2.75, 3.05) is 13.7 Å². The van der Waals surface area contributed by atoms with Crippen LogP contribution in [0.4, 0.5) is 0 Å². The lowest BCUT2D eigenvalue weighted by Crippen LogP contribution is -2.28. The summed E-state index contributed by atoms with van der Waals surface area (Å²) in [5.74, 6) is -0.0721. The topological polar surface area (TPSA) is 58.9 Å². The third-order valence-corrected chi connectivity index (χ3v) is 2.07. The lowest BCUT2D eigenvalue weighted by atomic mass is 10.0. The van der Waals surface area contributed by atoms with Gasteiger partial charge in [-0.25, -0.2) is 0 Å². The Morgan fingerprint density at radius 1 is 1.55 bits per heavy atom. The summed E-state index contributed by atoms with van der Waals surface area (Å²) in [6.07, 6.45) is -1.50. The smallest absolute Gasteiger partial charge is 0.162 e. The van der Waals surface area contributed by atoms with Crippen LogP contribution in [0, 0.1) is 5.92 Å². The fourth-order valence-corrected chi connectivity index (χ4v) is 1.30. The van der Waals surface area contributed by atoms with E-state index in [2.05, 4.69) is 0 Å². The van der Waals surface area contributed by atoms with Crippen LogP contribution in [-0.4, -0.2) is 42.4 Å². The van der Waals surface area contributed by atoms with E-state index >= 15 is 0 Å². The van der Waals surface area contributed by atoms with E-state index in [9.17, 15) is 5.11 Å². The normalized spacial score (nSPS) is 44.7. The number of aliphatic hydroxyl groups excluding tert-OH is 2. The Balaban J connectivity index is 2.53. The molecule has 1 rings (SSSR count). The van der Waals surface area contributed by atoms with Crippen LogP contribution < -0.4 is 0 Å². The first kappa shape index (κ1) is 8.93. The molecule has 11 heavy (non-hydrogen) atoms. The summed E-state index contributed by atoms with van der Waals surface area (Å²) in [5.41, 5.74) is 0. The van der Waals surface area contributed by atoms with Gasteiger partial charge in [-0.2, -0.15) is 0 Å². The minimum Gasteiger partial charge on any atom is -0.394 e. The van der Waals surface area contributed by atoms with Gasteiger partial charge in [0, 0.05) is 13.0 Å². The van der Waals surface area contributed by atoms with Gasteiger partial charge in [0.2, 0.25) is 0 Å². The van der Waals surface area contributed by atoms with Crippen molar-refractivity contribution in [2.24, 2.45) is 5.92 Å². The second-order valence-electron chi connectivity index (χ2n) is 2.81. The molecule has 4 heteroatoms. The third-order valence-electron chi connectivity index (χ3n) is 2.07. The van der Waals surface area contributed by atoms with Crippen molar-refractivity contribution in [2.45, 2.75) is 25.4 Å². The predicted molar refractivity (Wildman–Crippen MR) is 37.9 cm³/mol. The quantitative estimate of drug-likeness (QED) is 0.566. The lowest BCUT2D eigenvalue weighted by Gasteiger charge is -2.12. The summed E-state index contributed by atoms with van der Waals surface area (Å²) in [6, 6.07) is 0. The number of aliphatic hydroxyl groups is 2. The van der Waals surface area contributed by atoms with Crippen LogP contribution in [0.2, 0.25) is 0 Å². The monoisotopic (exact) mass is 162 g/mol. The van der Waals surface area contributed by atoms with E-state index in [0.29, 0.717) is 0 Å². The van der Waals surface area contributed by atoms with E-state index in [4.69, 9.17) is 14.6 Å². The minimum absolute atomic E-state index is 0.0721. The van der Waals surface area contributed by atoms with Gasteiger partial charge in [0.25, 0.3) is 0 Å². The average Bonchev–Trinajstić information content (AvgIpc) is 2.30. The van der Waals surface area contributed by atoms with Crippen LogP contribution in [0.3, 0.4) is 0 Å². The van der Waals surface area contributed by atoms with Crippen LogP contribution >= 0.6 is 0 Å². The van der Waals surface area contributed by atoms with Gasteiger partial charge in [-0.05, 0) is 0 Å². The maximum atomic E-state index is 9.39. The number of methoxy groups -OCH3 is 1. The van der Waals surface area contributed by atoms with Gasteiger partial charge in [-0.3, -0.25) is 0 Å². The van der Waals surface area contributed by atoms with Crippen molar-refractivity contribution in [1.82, 2.24) is 0 Å². The van der Waals surface area contributed by atoms with Gasteiger partial charge in [0.05, 0.1) is 12.7 Å². The molecule has 1 aliphatic heterocycles. The molecule has 0 bridgehead atoms. The molecule has 1 aliphatic rings. The Morgan fingerprint density at radius 3 is 2.45 bits per heavy atom. The first-order valence-corrected chi connectivity index (χ1v) is 3.68. The molecule has 4 nitrogen and oxygen atoms in total. The zero-order chi connectivity index (χ0) is 8.43. The van der Waals surface area contributed by atoms with Crippen LogP contribution in [0.1, 0.15) is 6.92 Å². The Bertz CT molecular complexity index is 110. The van der Waals surface area contributed by atoms with E-state index in [1.807, 2.05) is 6.92 Å². The number of ether oxygens (including phenoxy) is 2. The summed E-state index contributed by atoms with van der Waals surface area (Å²) in [7, 11) is 1.52. The predicted octanol–water partition coefficient (Wildman–Crippen LogP) is -0.653. The van der Waals surface area contributed by atoms with Crippen molar-refractivity contribution in [1.29, 1.82) is 0 Å². The fourth-order valence-electron chi connectivity index (χ4n) is 1.30. The molecule has 66 valence electrons. The highest BCUT2D eigenvalue weighted by Crippen LogP contribution is 2.26. The first-order valence-electron chi connectivity index (χ1n) is 3.68. The molecule has 0 aliphatic carbocycles. The first-order chi connectivity index (χ1) is 5.20. The number of hydrogen-bond donors (Lipinski definition) is 2. The molecule has 0 saturated carbocycles. The van der Waals surface area contributed by atoms with Crippen LogP contribution in [0.5, 0.6) is 0 Å². The molecule has 0 radical (unpaired) electrons. The molecule has 2 N–H and O–H groups in total. The fraction of sp³-hybridized carbons (Fsp3) is 1.00. The third kappa shape index (κ3) is 1.54. The minimum atomic E-state index is -0.620. The molecular formula is C7H14O4. The molecule has 1 saturated heterocycles. The summed E-state index contributed by atoms with van der Waals surface area (Å²) < 4.78 is 10.1. The van der Waals surface area contributed by atoms with Gasteiger partial charge in [0.15, 0.2) is 6.29 Å². The number of rotatable bonds is 2. The van der Waals surface area contributed by atoms with Crippen molar-refractivity contribution in [3.05, 3.63) is 0 Å². The van der Waals surface area contributed by atoms with Crippen molar-refractivity contribution in [3.8, 4) is 0 Å². The second-order valence-corrected chi connectivity index (χ2v) is 2.81. The maximum Gasteiger partial charge on any atom is 0.162 e. The molecule has 0 aromatic heterocycles. The highest BCUT2D eigenvalue weighted by atomic mass is 16.7. The molecule has 0 amide bonds. The summed E-state index contributed by atoms with van der Waals surface area (Å²) in [6.45, 7) is 1.67. The Labute approximate surface area is 65.7 Å². The van der Waals surface area contributed by atoms with Gasteiger partial charge >= 0.3 is 0 Å². The molecule has 1 heterocycles. The number of hydrogen-bond acceptors (Lipinski definition) is 4. The molecule has 3 unspecified atom stereocenters. The van der Waals surface area contributed by atoms with Crippen molar-refractivity contribution >= 4 is 0 Å². The van der Waals surface area contributed by atoms with Crippen molar-refractivity contribution < 1.29 is 19.7 Å². The van der Waals surface area contributed by atoms with Crippen LogP contribution in [0.25, 0.3) is 0 Å². The zero-order valence-electron chi connectivity index (χ0n) is 6.73. The molecular weight excluding hydrogens is 148 g/mol. The summed E-state index contributed by atoms with van der Waals surface area (Å²) in [4.78, 5) is 0. The average molecular weight is 162 g/mol. The van der Waals surface area contributed by atoms with E-state index in [0.717, 1.165) is 0 Å². The van der Waals surface area contributed by atoms with Crippen molar-refractivity contribution in [3.63, 3.8) is 0 Å². The van der Waals surface area contributed by atoms with E-state index in [-0.39, 0.29) is 18.8 Å². The molecule has 0 aromatic rings. The Kier molecular flexibility index (Phi) is 2.84. The largest absolute Gasteiger partial charge is 0.394 e. The molecule has 0 aromatic carbocycles. The second kappa shape index (κ2) is 3.49. The lowest BCUT2D eigenvalue weighted by molar-refractivity contribution is -0.137. The van der Waals surface area contributed by atoms with Gasteiger partial charge in [-0.1, -0.05) is 6.92 Å². The van der Waals surface area contributed by atoms with E-state index in [1.165, 1.54) is 7.11 Å². The van der Waals surface area contributed by atoms with E-state index in [1.54, 1.807) is 0 Å². The maximum absolute atomic E-state index is 9.39. The van der Waals surface area contributed by atoms with Gasteiger partial charge in [0.1, 0.15) is 6.10 Å². The van der Waals surface area contributed by atoms with Crippen LogP contribution in [0.15, 0.2) is 0 Å². The van der Waals surface area contributed by atoms with Gasteiger partial charge < -0.3 is 19.7 Å². The molecule has 1 fully saturated rings. The Hall–Kier alpha value is -0.160. The van der Waals surface area contributed by atoms with E-state index < -0.39 is 12.2 Å². The zero-order valence-corrected chi connectivity index (χ0v) is 6.73. The Morgan fingerprint density at radius 2 is 2.18 bits per heavy atom. The van der Waals surface area contributed by atoms with Gasteiger partial charge in [-0.15, -0.1) is 0 Å². The summed E-state index contributed by atoms with van der Waals surface area (Å²) in [5, 5.41) is 18.1. The standard InChI is InChI=1S/C7H14O4/c1-4-6(9)5(3-8)11-7(4)10-2/h4-9H,3H2,1-2H3/t4?,5?,6-,7?/m0/s1. The molecule has 4 atom stereocenters. The highest BCUT2D eigenvalue weighted by Gasteiger charge is 2.40. The SMILES string of the molecule is COC1OC(CO)[C@@H](O)C1C. The summed E-state index contributed by atoms with van der Waals surface area (Å²) >= 11 is 0. The highest BCUT2D eigenvalue weighted by molar-refractivity contribution is 4.83. The van der Waals surface area contributed by atoms with Crippen LogP contribution in [-0.2, 0) is 9.47 Å². The molecule has 0 spiro atoms.